The highest BCUT2D eigenvalue weighted by Crippen LogP contribution is 2.36. The van der Waals surface area contributed by atoms with E-state index in [9.17, 15) is 4.79 Å². The van der Waals surface area contributed by atoms with Crippen LogP contribution in [0, 0.1) is 11.8 Å². The number of hydrogen-bond acceptors (Lipinski definition) is 1. The number of hydrogen-bond donors (Lipinski definition) is 0. The minimum atomic E-state index is 0.474. The number of carbonyl (C=O) groups is 1. The predicted octanol–water partition coefficient (Wildman–Crippen LogP) is 1.93. The zero-order valence-electron chi connectivity index (χ0n) is 6.05. The van der Waals surface area contributed by atoms with Crippen molar-refractivity contribution in [3.63, 3.8) is 0 Å². The van der Waals surface area contributed by atoms with Gasteiger partial charge in [-0.15, -0.1) is 0 Å². The molecule has 0 N–H and O–H groups in total. The van der Waals surface area contributed by atoms with E-state index in [1.165, 1.54) is 12.8 Å². The molecule has 2 rings (SSSR count). The predicted molar refractivity (Wildman–Crippen MR) is 39.6 cm³/mol. The van der Waals surface area contributed by atoms with Crippen molar-refractivity contribution in [3.8, 4) is 0 Å². The van der Waals surface area contributed by atoms with Gasteiger partial charge in [0.2, 0.25) is 0 Å². The van der Waals surface area contributed by atoms with Crippen LogP contribution in [0.1, 0.15) is 25.7 Å². The standard InChI is InChI=1S/C9H12O/c10-9-5-7-3-1-2-4-8(7)6-9/h1,3,7-8H,2,4-6H2/t7-,8-/m0/s1. The molecule has 0 spiro atoms. The van der Waals surface area contributed by atoms with E-state index in [2.05, 4.69) is 12.2 Å². The summed E-state index contributed by atoms with van der Waals surface area (Å²) in [5, 5.41) is 0. The Morgan fingerprint density at radius 3 is 3.10 bits per heavy atom. The highest BCUT2D eigenvalue weighted by atomic mass is 16.1. The summed E-state index contributed by atoms with van der Waals surface area (Å²) in [7, 11) is 0. The van der Waals surface area contributed by atoms with Crippen molar-refractivity contribution in [1.82, 2.24) is 0 Å². The fourth-order valence-electron chi connectivity index (χ4n) is 2.08. The van der Waals surface area contributed by atoms with E-state index in [1.54, 1.807) is 0 Å². The maximum absolute atomic E-state index is 11.0. The lowest BCUT2D eigenvalue weighted by molar-refractivity contribution is -0.117. The normalized spacial score (nSPS) is 38.2. The number of ketones is 1. The maximum Gasteiger partial charge on any atom is 0.133 e. The minimum absolute atomic E-state index is 0.474. The van der Waals surface area contributed by atoms with E-state index >= 15 is 0 Å². The molecule has 0 aromatic heterocycles. The van der Waals surface area contributed by atoms with Gasteiger partial charge in [-0.2, -0.15) is 0 Å². The first kappa shape index (κ1) is 6.14. The van der Waals surface area contributed by atoms with Crippen LogP contribution in [-0.2, 0) is 4.79 Å². The van der Waals surface area contributed by atoms with Crippen LogP contribution < -0.4 is 0 Å². The molecule has 2 aliphatic carbocycles. The number of carbonyl (C=O) groups excluding carboxylic acids is 1. The molecule has 0 unspecified atom stereocenters. The van der Waals surface area contributed by atoms with E-state index in [4.69, 9.17) is 0 Å². The summed E-state index contributed by atoms with van der Waals surface area (Å²) >= 11 is 0. The van der Waals surface area contributed by atoms with E-state index in [0.29, 0.717) is 17.6 Å². The number of rotatable bonds is 0. The van der Waals surface area contributed by atoms with Gasteiger partial charge in [-0.05, 0) is 24.7 Å². The lowest BCUT2D eigenvalue weighted by atomic mass is 9.87. The molecule has 0 radical (unpaired) electrons. The largest absolute Gasteiger partial charge is 0.300 e. The molecule has 1 saturated carbocycles. The Bertz CT molecular complexity index is 181. The third kappa shape index (κ3) is 0.898. The Hall–Kier alpha value is -0.590. The van der Waals surface area contributed by atoms with Crippen molar-refractivity contribution < 1.29 is 4.79 Å². The first-order valence-electron chi connectivity index (χ1n) is 4.04. The fourth-order valence-corrected chi connectivity index (χ4v) is 2.08. The summed E-state index contributed by atoms with van der Waals surface area (Å²) in [6.45, 7) is 0. The number of Topliss-reactive ketones (excluding diaryl/α,β-unsaturated/α-hetero) is 1. The molecule has 2 aliphatic rings. The van der Waals surface area contributed by atoms with Gasteiger partial charge in [0.15, 0.2) is 0 Å². The third-order valence-electron chi connectivity index (χ3n) is 2.65. The van der Waals surface area contributed by atoms with Crippen molar-refractivity contribution in [2.75, 3.05) is 0 Å². The van der Waals surface area contributed by atoms with Gasteiger partial charge in [0.25, 0.3) is 0 Å². The summed E-state index contributed by atoms with van der Waals surface area (Å²) < 4.78 is 0. The molecule has 0 saturated heterocycles. The highest BCUT2D eigenvalue weighted by molar-refractivity contribution is 5.81. The molecule has 0 amide bonds. The first-order chi connectivity index (χ1) is 4.86. The van der Waals surface area contributed by atoms with Crippen LogP contribution in [0.3, 0.4) is 0 Å². The molecule has 1 heteroatoms. The molecule has 1 nitrogen and oxygen atoms in total. The molecule has 0 aromatic carbocycles. The molecule has 0 heterocycles. The molecule has 2 atom stereocenters. The first-order valence-corrected chi connectivity index (χ1v) is 4.04. The van der Waals surface area contributed by atoms with E-state index in [-0.39, 0.29) is 0 Å². The average molecular weight is 136 g/mol. The lowest BCUT2D eigenvalue weighted by Gasteiger charge is -2.17. The number of fused-ring (bicyclic) bond motifs is 1. The molecule has 1 fully saturated rings. The van der Waals surface area contributed by atoms with Gasteiger partial charge in [0.1, 0.15) is 5.78 Å². The summed E-state index contributed by atoms with van der Waals surface area (Å²) in [5.74, 6) is 1.79. The second-order valence-corrected chi connectivity index (χ2v) is 3.38. The van der Waals surface area contributed by atoms with Gasteiger partial charge in [0, 0.05) is 12.8 Å². The highest BCUT2D eigenvalue weighted by Gasteiger charge is 2.31. The summed E-state index contributed by atoms with van der Waals surface area (Å²) in [5.41, 5.74) is 0. The second kappa shape index (κ2) is 2.22. The van der Waals surface area contributed by atoms with Gasteiger partial charge < -0.3 is 0 Å². The SMILES string of the molecule is O=C1C[C@@H]2CCC=C[C@H]2C1. The van der Waals surface area contributed by atoms with Crippen LogP contribution in [0.25, 0.3) is 0 Å². The lowest BCUT2D eigenvalue weighted by Crippen LogP contribution is -2.07. The molecule has 10 heavy (non-hydrogen) atoms. The van der Waals surface area contributed by atoms with Crippen LogP contribution >= 0.6 is 0 Å². The van der Waals surface area contributed by atoms with Crippen molar-refractivity contribution in [2.45, 2.75) is 25.7 Å². The third-order valence-corrected chi connectivity index (χ3v) is 2.65. The molecule has 54 valence electrons. The Balaban J connectivity index is 2.15. The van der Waals surface area contributed by atoms with Gasteiger partial charge in [0.05, 0.1) is 0 Å². The maximum atomic E-state index is 11.0. The average Bonchev–Trinajstić information content (AvgIpc) is 2.27. The smallest absolute Gasteiger partial charge is 0.133 e. The summed E-state index contributed by atoms with van der Waals surface area (Å²) in [4.78, 5) is 11.0. The van der Waals surface area contributed by atoms with E-state index < -0.39 is 0 Å². The molecule has 0 aromatic rings. The van der Waals surface area contributed by atoms with Crippen molar-refractivity contribution in [3.05, 3.63) is 12.2 Å². The number of allylic oxidation sites excluding steroid dienone is 2. The van der Waals surface area contributed by atoms with E-state index in [0.717, 1.165) is 12.8 Å². The van der Waals surface area contributed by atoms with Crippen molar-refractivity contribution in [1.29, 1.82) is 0 Å². The Kier molecular flexibility index (Phi) is 1.37. The Labute approximate surface area is 61.1 Å². The minimum Gasteiger partial charge on any atom is -0.300 e. The van der Waals surface area contributed by atoms with Crippen LogP contribution in [-0.4, -0.2) is 5.78 Å². The van der Waals surface area contributed by atoms with Gasteiger partial charge in [-0.3, -0.25) is 4.79 Å². The van der Waals surface area contributed by atoms with Crippen LogP contribution in [0.5, 0.6) is 0 Å². The topological polar surface area (TPSA) is 17.1 Å². The monoisotopic (exact) mass is 136 g/mol. The van der Waals surface area contributed by atoms with Crippen molar-refractivity contribution >= 4 is 5.78 Å². The molecular formula is C9H12O. The van der Waals surface area contributed by atoms with Crippen LogP contribution in [0.4, 0.5) is 0 Å². The fraction of sp³-hybridized carbons (Fsp3) is 0.667. The zero-order valence-corrected chi connectivity index (χ0v) is 6.05. The van der Waals surface area contributed by atoms with Gasteiger partial charge in [-0.1, -0.05) is 12.2 Å². The van der Waals surface area contributed by atoms with Crippen LogP contribution in [0.15, 0.2) is 12.2 Å². The second-order valence-electron chi connectivity index (χ2n) is 3.38. The quantitative estimate of drug-likeness (QED) is 0.465. The van der Waals surface area contributed by atoms with Gasteiger partial charge >= 0.3 is 0 Å². The Morgan fingerprint density at radius 1 is 1.40 bits per heavy atom. The summed E-state index contributed by atoms with van der Waals surface area (Å²) in [6, 6.07) is 0. The Morgan fingerprint density at radius 2 is 2.30 bits per heavy atom. The van der Waals surface area contributed by atoms with E-state index in [1.807, 2.05) is 0 Å². The van der Waals surface area contributed by atoms with Crippen molar-refractivity contribution in [2.24, 2.45) is 11.8 Å². The summed E-state index contributed by atoms with van der Waals surface area (Å²) in [6.07, 6.45) is 8.57. The van der Waals surface area contributed by atoms with Gasteiger partial charge in [-0.25, -0.2) is 0 Å². The molecular weight excluding hydrogens is 124 g/mol. The molecule has 0 aliphatic heterocycles. The zero-order chi connectivity index (χ0) is 6.97. The molecule has 0 bridgehead atoms. The van der Waals surface area contributed by atoms with Crippen LogP contribution in [0.2, 0.25) is 0 Å².